The molecule has 0 aliphatic rings. The Balaban J connectivity index is 1.98. The van der Waals surface area contributed by atoms with Crippen molar-refractivity contribution in [3.63, 3.8) is 0 Å². The number of carbonyl (C=O) groups is 1. The van der Waals surface area contributed by atoms with Crippen LogP contribution in [0.3, 0.4) is 0 Å². The van der Waals surface area contributed by atoms with Crippen molar-refractivity contribution in [2.24, 2.45) is 5.10 Å². The van der Waals surface area contributed by atoms with Crippen LogP contribution in [0.4, 0.5) is 0 Å². The standard InChI is InChI=1S/C19H23N3O6S/c1-13-5-7-15(8-6-13)29(24,25)21-12-18(23)22-20-11-14-9-16(26-2)19(28-4)17(10-14)27-3/h5-11,21H,12H2,1-4H3,(H,22,23). The molecule has 0 saturated heterocycles. The molecule has 2 aromatic carbocycles. The third-order valence-electron chi connectivity index (χ3n) is 3.84. The first-order valence-electron chi connectivity index (χ1n) is 8.49. The molecule has 0 spiro atoms. The third-order valence-corrected chi connectivity index (χ3v) is 5.26. The van der Waals surface area contributed by atoms with Gasteiger partial charge in [0, 0.05) is 5.56 Å². The fourth-order valence-corrected chi connectivity index (χ4v) is 3.34. The van der Waals surface area contributed by atoms with Gasteiger partial charge in [-0.2, -0.15) is 5.10 Å². The van der Waals surface area contributed by atoms with Crippen LogP contribution in [0, 0.1) is 6.92 Å². The van der Waals surface area contributed by atoms with Gasteiger partial charge in [0.15, 0.2) is 11.5 Å². The number of aryl methyl sites for hydroxylation is 1. The van der Waals surface area contributed by atoms with Crippen molar-refractivity contribution in [1.82, 2.24) is 10.1 Å². The molecule has 0 aliphatic heterocycles. The molecule has 0 heterocycles. The van der Waals surface area contributed by atoms with Crippen LogP contribution in [0.5, 0.6) is 17.2 Å². The second-order valence-corrected chi connectivity index (χ2v) is 7.66. The van der Waals surface area contributed by atoms with E-state index in [1.807, 2.05) is 6.92 Å². The van der Waals surface area contributed by atoms with E-state index in [-0.39, 0.29) is 4.90 Å². The summed E-state index contributed by atoms with van der Waals surface area (Å²) in [7, 11) is 0.680. The summed E-state index contributed by atoms with van der Waals surface area (Å²) in [6, 6.07) is 9.59. The first-order chi connectivity index (χ1) is 13.8. The molecule has 0 fully saturated rings. The maximum atomic E-state index is 12.2. The van der Waals surface area contributed by atoms with E-state index >= 15 is 0 Å². The molecular formula is C19H23N3O6S. The van der Waals surface area contributed by atoms with Crippen LogP contribution in [0.15, 0.2) is 46.4 Å². The lowest BCUT2D eigenvalue weighted by atomic mass is 10.2. The van der Waals surface area contributed by atoms with Crippen LogP contribution in [-0.2, 0) is 14.8 Å². The fourth-order valence-electron chi connectivity index (χ4n) is 2.36. The summed E-state index contributed by atoms with van der Waals surface area (Å²) in [4.78, 5) is 12.0. The Labute approximate surface area is 169 Å². The Morgan fingerprint density at radius 3 is 2.14 bits per heavy atom. The number of ether oxygens (including phenoxy) is 3. The largest absolute Gasteiger partial charge is 0.493 e. The topological polar surface area (TPSA) is 115 Å². The van der Waals surface area contributed by atoms with E-state index in [1.165, 1.54) is 39.7 Å². The summed E-state index contributed by atoms with van der Waals surface area (Å²) >= 11 is 0. The van der Waals surface area contributed by atoms with Gasteiger partial charge in [-0.1, -0.05) is 17.7 Å². The number of nitrogens with one attached hydrogen (secondary N) is 2. The lowest BCUT2D eigenvalue weighted by molar-refractivity contribution is -0.119. The summed E-state index contributed by atoms with van der Waals surface area (Å²) in [5.41, 5.74) is 3.78. The molecule has 1 amide bonds. The summed E-state index contributed by atoms with van der Waals surface area (Å²) in [6.07, 6.45) is 1.37. The average Bonchev–Trinajstić information content (AvgIpc) is 2.71. The molecule has 0 aliphatic carbocycles. The van der Waals surface area contributed by atoms with E-state index in [2.05, 4.69) is 15.2 Å². The molecule has 2 rings (SSSR count). The molecule has 0 unspecified atom stereocenters. The summed E-state index contributed by atoms with van der Waals surface area (Å²) in [5.74, 6) is 0.682. The van der Waals surface area contributed by atoms with Gasteiger partial charge in [0.05, 0.1) is 39.0 Å². The Bertz CT molecular complexity index is 962. The number of benzene rings is 2. The lowest BCUT2D eigenvalue weighted by Crippen LogP contribution is -2.34. The minimum atomic E-state index is -3.78. The fraction of sp³-hybridized carbons (Fsp3) is 0.263. The Hall–Kier alpha value is -3.11. The van der Waals surface area contributed by atoms with Crippen LogP contribution in [-0.4, -0.2) is 48.4 Å². The zero-order valence-corrected chi connectivity index (χ0v) is 17.4. The monoisotopic (exact) mass is 421 g/mol. The zero-order chi connectivity index (χ0) is 21.4. The van der Waals surface area contributed by atoms with Crippen LogP contribution >= 0.6 is 0 Å². The van der Waals surface area contributed by atoms with Crippen LogP contribution in [0.1, 0.15) is 11.1 Å². The number of methoxy groups -OCH3 is 3. The van der Waals surface area contributed by atoms with Crippen molar-refractivity contribution in [3.8, 4) is 17.2 Å². The van der Waals surface area contributed by atoms with E-state index in [0.717, 1.165) is 5.56 Å². The molecule has 0 radical (unpaired) electrons. The molecule has 2 N–H and O–H groups in total. The minimum Gasteiger partial charge on any atom is -0.493 e. The Morgan fingerprint density at radius 2 is 1.62 bits per heavy atom. The van der Waals surface area contributed by atoms with Gasteiger partial charge in [-0.3, -0.25) is 4.79 Å². The predicted molar refractivity (Wildman–Crippen MR) is 108 cm³/mol. The Kier molecular flexibility index (Phi) is 7.57. The molecule has 0 atom stereocenters. The van der Waals surface area contributed by atoms with Crippen LogP contribution < -0.4 is 24.4 Å². The van der Waals surface area contributed by atoms with Gasteiger partial charge in [0.2, 0.25) is 15.8 Å². The van der Waals surface area contributed by atoms with Crippen LogP contribution in [0.2, 0.25) is 0 Å². The van der Waals surface area contributed by atoms with Gasteiger partial charge >= 0.3 is 0 Å². The summed E-state index contributed by atoms with van der Waals surface area (Å²) in [6.45, 7) is 1.39. The van der Waals surface area contributed by atoms with Crippen molar-refractivity contribution in [2.75, 3.05) is 27.9 Å². The highest BCUT2D eigenvalue weighted by Crippen LogP contribution is 2.37. The van der Waals surface area contributed by atoms with Gasteiger partial charge in [0.1, 0.15) is 0 Å². The first kappa shape index (κ1) is 22.2. The molecule has 156 valence electrons. The smallest absolute Gasteiger partial charge is 0.255 e. The molecule has 2 aromatic rings. The van der Waals surface area contributed by atoms with Crippen molar-refractivity contribution in [3.05, 3.63) is 47.5 Å². The molecule has 0 bridgehead atoms. The molecular weight excluding hydrogens is 398 g/mol. The zero-order valence-electron chi connectivity index (χ0n) is 16.6. The second-order valence-electron chi connectivity index (χ2n) is 5.89. The quantitative estimate of drug-likeness (QED) is 0.468. The number of carbonyl (C=O) groups excluding carboxylic acids is 1. The lowest BCUT2D eigenvalue weighted by Gasteiger charge is -2.12. The predicted octanol–water partition coefficient (Wildman–Crippen LogP) is 1.45. The maximum absolute atomic E-state index is 12.2. The molecule has 29 heavy (non-hydrogen) atoms. The minimum absolute atomic E-state index is 0.0804. The van der Waals surface area contributed by atoms with E-state index < -0.39 is 22.5 Å². The highest BCUT2D eigenvalue weighted by Gasteiger charge is 2.15. The number of hydrogen-bond acceptors (Lipinski definition) is 7. The van der Waals surface area contributed by atoms with Crippen molar-refractivity contribution >= 4 is 22.1 Å². The summed E-state index contributed by atoms with van der Waals surface area (Å²) < 4.78 is 42.3. The van der Waals surface area contributed by atoms with Gasteiger partial charge in [-0.05, 0) is 31.2 Å². The van der Waals surface area contributed by atoms with Crippen LogP contribution in [0.25, 0.3) is 0 Å². The number of rotatable bonds is 9. The number of amides is 1. The second kappa shape index (κ2) is 9.89. The van der Waals surface area contributed by atoms with E-state index in [0.29, 0.717) is 22.8 Å². The summed E-state index contributed by atoms with van der Waals surface area (Å²) in [5, 5.41) is 3.82. The highest BCUT2D eigenvalue weighted by molar-refractivity contribution is 7.89. The average molecular weight is 421 g/mol. The molecule has 10 heteroatoms. The number of hydrogen-bond donors (Lipinski definition) is 2. The molecule has 9 nitrogen and oxygen atoms in total. The van der Waals surface area contributed by atoms with Crippen molar-refractivity contribution < 1.29 is 27.4 Å². The third kappa shape index (κ3) is 5.93. The number of nitrogens with zero attached hydrogens (tertiary/aromatic N) is 1. The molecule has 0 saturated carbocycles. The van der Waals surface area contributed by atoms with Crippen molar-refractivity contribution in [1.29, 1.82) is 0 Å². The van der Waals surface area contributed by atoms with Gasteiger partial charge < -0.3 is 14.2 Å². The van der Waals surface area contributed by atoms with E-state index in [4.69, 9.17) is 14.2 Å². The number of sulfonamides is 1. The van der Waals surface area contributed by atoms with Gasteiger partial charge in [0.25, 0.3) is 5.91 Å². The van der Waals surface area contributed by atoms with E-state index in [9.17, 15) is 13.2 Å². The van der Waals surface area contributed by atoms with Gasteiger partial charge in [-0.25, -0.2) is 18.6 Å². The Morgan fingerprint density at radius 1 is 1.03 bits per heavy atom. The normalized spacial score (nSPS) is 11.3. The van der Waals surface area contributed by atoms with Crippen molar-refractivity contribution in [2.45, 2.75) is 11.8 Å². The number of hydrazone groups is 1. The highest BCUT2D eigenvalue weighted by atomic mass is 32.2. The SMILES string of the molecule is COc1cc(C=NNC(=O)CNS(=O)(=O)c2ccc(C)cc2)cc(OC)c1OC. The van der Waals surface area contributed by atoms with E-state index in [1.54, 1.807) is 24.3 Å². The van der Waals surface area contributed by atoms with Gasteiger partial charge in [-0.15, -0.1) is 0 Å². The maximum Gasteiger partial charge on any atom is 0.255 e. The first-order valence-corrected chi connectivity index (χ1v) is 9.97. The molecule has 0 aromatic heterocycles.